The van der Waals surface area contributed by atoms with Crippen molar-refractivity contribution < 1.29 is 13.5 Å². The van der Waals surface area contributed by atoms with Crippen molar-refractivity contribution in [3.8, 4) is 6.01 Å². The zero-order valence-electron chi connectivity index (χ0n) is 12.0. The highest BCUT2D eigenvalue weighted by molar-refractivity contribution is 5.77. The normalized spacial score (nSPS) is 12.9. The SMILES string of the molecule is COc1ncc(F)c(N=NC(C)c2cc3ccccc3o2)n1. The van der Waals surface area contributed by atoms with Crippen molar-refractivity contribution >= 4 is 16.8 Å². The highest BCUT2D eigenvalue weighted by Crippen LogP contribution is 2.27. The number of benzene rings is 1. The van der Waals surface area contributed by atoms with Gasteiger partial charge in [0, 0.05) is 5.39 Å². The first-order valence-electron chi connectivity index (χ1n) is 6.63. The molecular weight excluding hydrogens is 287 g/mol. The van der Waals surface area contributed by atoms with Crippen LogP contribution in [-0.4, -0.2) is 17.1 Å². The molecule has 22 heavy (non-hydrogen) atoms. The summed E-state index contributed by atoms with van der Waals surface area (Å²) in [5.74, 6) is -0.192. The van der Waals surface area contributed by atoms with Crippen molar-refractivity contribution in [3.05, 3.63) is 48.1 Å². The lowest BCUT2D eigenvalue weighted by Gasteiger charge is -2.01. The third-order valence-electron chi connectivity index (χ3n) is 3.07. The van der Waals surface area contributed by atoms with E-state index in [0.717, 1.165) is 17.2 Å². The van der Waals surface area contributed by atoms with Gasteiger partial charge in [-0.3, -0.25) is 0 Å². The summed E-state index contributed by atoms with van der Waals surface area (Å²) >= 11 is 0. The van der Waals surface area contributed by atoms with Gasteiger partial charge in [0.05, 0.1) is 13.3 Å². The smallest absolute Gasteiger partial charge is 0.318 e. The van der Waals surface area contributed by atoms with Crippen molar-refractivity contribution in [1.29, 1.82) is 0 Å². The average Bonchev–Trinajstić information content (AvgIpc) is 2.98. The number of rotatable bonds is 4. The maximum absolute atomic E-state index is 13.6. The Bertz CT molecular complexity index is 798. The topological polar surface area (TPSA) is 72.9 Å². The van der Waals surface area contributed by atoms with Gasteiger partial charge in [0.15, 0.2) is 5.82 Å². The number of furan rings is 1. The molecule has 3 rings (SSSR count). The van der Waals surface area contributed by atoms with E-state index in [1.165, 1.54) is 7.11 Å². The second-order valence-electron chi connectivity index (χ2n) is 4.61. The minimum absolute atomic E-state index is 0.0340. The summed E-state index contributed by atoms with van der Waals surface area (Å²) in [7, 11) is 1.39. The maximum Gasteiger partial charge on any atom is 0.318 e. The van der Waals surface area contributed by atoms with Gasteiger partial charge in [0.1, 0.15) is 17.4 Å². The Morgan fingerprint density at radius 2 is 2.14 bits per heavy atom. The van der Waals surface area contributed by atoms with E-state index in [1.807, 2.05) is 30.3 Å². The lowest BCUT2D eigenvalue weighted by Crippen LogP contribution is -1.93. The van der Waals surface area contributed by atoms with Gasteiger partial charge in [-0.25, -0.2) is 9.37 Å². The number of nitrogens with zero attached hydrogens (tertiary/aromatic N) is 4. The number of ether oxygens (including phenoxy) is 1. The van der Waals surface area contributed by atoms with Gasteiger partial charge in [0.25, 0.3) is 0 Å². The molecule has 0 N–H and O–H groups in total. The van der Waals surface area contributed by atoms with Gasteiger partial charge in [-0.05, 0) is 19.1 Å². The van der Waals surface area contributed by atoms with Crippen LogP contribution in [0.1, 0.15) is 18.7 Å². The fraction of sp³-hybridized carbons (Fsp3) is 0.200. The van der Waals surface area contributed by atoms with Crippen LogP contribution in [0.4, 0.5) is 10.2 Å². The first kappa shape index (κ1) is 14.1. The number of azo groups is 1. The predicted molar refractivity (Wildman–Crippen MR) is 77.7 cm³/mol. The number of hydrogen-bond donors (Lipinski definition) is 0. The number of fused-ring (bicyclic) bond motifs is 1. The molecule has 1 aromatic carbocycles. The lowest BCUT2D eigenvalue weighted by atomic mass is 10.2. The second-order valence-corrected chi connectivity index (χ2v) is 4.61. The number of methoxy groups -OCH3 is 1. The van der Waals surface area contributed by atoms with E-state index in [0.29, 0.717) is 5.76 Å². The summed E-state index contributed by atoms with van der Waals surface area (Å²) < 4.78 is 24.1. The van der Waals surface area contributed by atoms with Crippen LogP contribution in [0.15, 0.2) is 51.2 Å². The standard InChI is InChI=1S/C15H13FN4O2/c1-9(13-7-10-5-3-4-6-12(10)22-13)19-20-14-11(16)8-17-15(18-14)21-2/h3-9H,1-2H3. The number of hydrogen-bond acceptors (Lipinski definition) is 6. The Kier molecular flexibility index (Phi) is 3.78. The molecule has 0 amide bonds. The van der Waals surface area contributed by atoms with Crippen LogP contribution in [-0.2, 0) is 0 Å². The van der Waals surface area contributed by atoms with Gasteiger partial charge >= 0.3 is 6.01 Å². The highest BCUT2D eigenvalue weighted by Gasteiger charge is 2.12. The second kappa shape index (κ2) is 5.88. The van der Waals surface area contributed by atoms with Gasteiger partial charge in [-0.2, -0.15) is 10.1 Å². The summed E-state index contributed by atoms with van der Waals surface area (Å²) in [5.41, 5.74) is 0.773. The first-order chi connectivity index (χ1) is 10.7. The maximum atomic E-state index is 13.6. The van der Waals surface area contributed by atoms with E-state index in [-0.39, 0.29) is 17.9 Å². The molecule has 0 saturated heterocycles. The zero-order valence-corrected chi connectivity index (χ0v) is 12.0. The quantitative estimate of drug-likeness (QED) is 0.676. The van der Waals surface area contributed by atoms with Gasteiger partial charge in [-0.15, -0.1) is 5.11 Å². The molecule has 0 saturated carbocycles. The summed E-state index contributed by atoms with van der Waals surface area (Å²) in [6.07, 6.45) is 0.992. The van der Waals surface area contributed by atoms with Crippen LogP contribution in [0.5, 0.6) is 6.01 Å². The summed E-state index contributed by atoms with van der Waals surface area (Å²) in [5, 5.41) is 8.84. The van der Waals surface area contributed by atoms with Crippen LogP contribution in [0.3, 0.4) is 0 Å². The fourth-order valence-corrected chi connectivity index (χ4v) is 1.92. The molecule has 3 aromatic rings. The number of halogens is 1. The number of aromatic nitrogens is 2. The molecular formula is C15H13FN4O2. The van der Waals surface area contributed by atoms with E-state index in [4.69, 9.17) is 9.15 Å². The van der Waals surface area contributed by atoms with Crippen molar-refractivity contribution in [2.75, 3.05) is 7.11 Å². The molecule has 2 heterocycles. The molecule has 0 aliphatic heterocycles. The molecule has 1 unspecified atom stereocenters. The predicted octanol–water partition coefficient (Wildman–Crippen LogP) is 4.22. The van der Waals surface area contributed by atoms with E-state index in [9.17, 15) is 4.39 Å². The van der Waals surface area contributed by atoms with Crippen molar-refractivity contribution in [2.24, 2.45) is 10.2 Å². The molecule has 0 spiro atoms. The Morgan fingerprint density at radius 3 is 2.91 bits per heavy atom. The molecule has 0 aliphatic carbocycles. The van der Waals surface area contributed by atoms with Gasteiger partial charge in [-0.1, -0.05) is 18.2 Å². The summed E-state index contributed by atoms with van der Waals surface area (Å²) in [4.78, 5) is 7.44. The molecule has 2 aromatic heterocycles. The first-order valence-corrected chi connectivity index (χ1v) is 6.63. The van der Waals surface area contributed by atoms with Crippen LogP contribution < -0.4 is 4.74 Å². The monoisotopic (exact) mass is 300 g/mol. The Labute approximate surface area is 125 Å². The minimum Gasteiger partial charge on any atom is -0.467 e. The Morgan fingerprint density at radius 1 is 1.32 bits per heavy atom. The van der Waals surface area contributed by atoms with Crippen molar-refractivity contribution in [1.82, 2.24) is 9.97 Å². The van der Waals surface area contributed by atoms with Crippen LogP contribution >= 0.6 is 0 Å². The molecule has 7 heteroatoms. The minimum atomic E-state index is -0.665. The summed E-state index contributed by atoms with van der Waals surface area (Å²) in [6, 6.07) is 9.19. The molecule has 0 fully saturated rings. The van der Waals surface area contributed by atoms with Gasteiger partial charge < -0.3 is 9.15 Å². The van der Waals surface area contributed by atoms with Crippen LogP contribution in [0.25, 0.3) is 11.0 Å². The molecule has 1 atom stereocenters. The Hall–Kier alpha value is -2.83. The van der Waals surface area contributed by atoms with Crippen LogP contribution in [0, 0.1) is 5.82 Å². The molecule has 112 valence electrons. The largest absolute Gasteiger partial charge is 0.467 e. The van der Waals surface area contributed by atoms with Gasteiger partial charge in [0.2, 0.25) is 5.82 Å². The van der Waals surface area contributed by atoms with E-state index in [2.05, 4.69) is 20.2 Å². The van der Waals surface area contributed by atoms with Crippen LogP contribution in [0.2, 0.25) is 0 Å². The lowest BCUT2D eigenvalue weighted by molar-refractivity contribution is 0.377. The zero-order chi connectivity index (χ0) is 15.5. The van der Waals surface area contributed by atoms with E-state index < -0.39 is 5.82 Å². The summed E-state index contributed by atoms with van der Waals surface area (Å²) in [6.45, 7) is 1.80. The fourth-order valence-electron chi connectivity index (χ4n) is 1.92. The molecule has 0 bridgehead atoms. The highest BCUT2D eigenvalue weighted by atomic mass is 19.1. The van der Waals surface area contributed by atoms with Crippen molar-refractivity contribution in [2.45, 2.75) is 13.0 Å². The average molecular weight is 300 g/mol. The molecule has 0 radical (unpaired) electrons. The number of para-hydroxylation sites is 1. The van der Waals surface area contributed by atoms with E-state index in [1.54, 1.807) is 6.92 Å². The van der Waals surface area contributed by atoms with E-state index >= 15 is 0 Å². The van der Waals surface area contributed by atoms with Crippen molar-refractivity contribution in [3.63, 3.8) is 0 Å². The Balaban J connectivity index is 1.85. The molecule has 0 aliphatic rings. The third kappa shape index (κ3) is 2.78. The molecule has 6 nitrogen and oxygen atoms in total. The third-order valence-corrected chi connectivity index (χ3v) is 3.07.